The third-order valence-corrected chi connectivity index (χ3v) is 17.9. The fraction of sp³-hybridized carbons (Fsp3) is 0.846. The van der Waals surface area contributed by atoms with Gasteiger partial charge in [0.25, 0.3) is 0 Å². The van der Waals surface area contributed by atoms with Crippen molar-refractivity contribution in [2.24, 2.45) is 0 Å². The number of hydrogen-bond donors (Lipinski definition) is 6. The molecule has 1 amide bonds. The summed E-state index contributed by atoms with van der Waals surface area (Å²) in [5.41, 5.74) is 0. The highest BCUT2D eigenvalue weighted by Crippen LogP contribution is 2.27. The number of aliphatic hydroxyl groups is 5. The molecule has 1 rings (SSSR count). The molecule has 1 aliphatic heterocycles. The molecule has 89 heavy (non-hydrogen) atoms. The molecule has 0 bridgehead atoms. The van der Waals surface area contributed by atoms with E-state index in [4.69, 9.17) is 14.2 Å². The first-order valence-corrected chi connectivity index (χ1v) is 38.1. The second-order valence-electron chi connectivity index (χ2n) is 26.4. The maximum absolute atomic E-state index is 13.5. The minimum atomic E-state index is -1.62. The van der Waals surface area contributed by atoms with Gasteiger partial charge in [-0.1, -0.05) is 345 Å². The van der Waals surface area contributed by atoms with Crippen molar-refractivity contribution in [1.82, 2.24) is 5.32 Å². The first-order chi connectivity index (χ1) is 43.7. The Kier molecular flexibility index (Phi) is 62.0. The van der Waals surface area contributed by atoms with Gasteiger partial charge in [-0.2, -0.15) is 0 Å². The van der Waals surface area contributed by atoms with Crippen LogP contribution < -0.4 is 5.32 Å². The Bertz CT molecular complexity index is 1680. The van der Waals surface area contributed by atoms with Crippen LogP contribution in [0.15, 0.2) is 60.8 Å². The topological polar surface area (TPSA) is 175 Å². The summed E-state index contributed by atoms with van der Waals surface area (Å²) in [5, 5.41) is 57.4. The number of allylic oxidation sites excluding steroid dienone is 9. The normalized spacial score (nSPS) is 18.4. The van der Waals surface area contributed by atoms with Gasteiger partial charge in [-0.15, -0.1) is 0 Å². The molecule has 0 saturated carbocycles. The molecule has 6 N–H and O–H groups in total. The summed E-state index contributed by atoms with van der Waals surface area (Å²) >= 11 is 0. The van der Waals surface area contributed by atoms with Crippen LogP contribution in [0.5, 0.6) is 0 Å². The number of ether oxygens (including phenoxy) is 3. The van der Waals surface area contributed by atoms with Crippen LogP contribution in [0.2, 0.25) is 0 Å². The van der Waals surface area contributed by atoms with E-state index in [1.165, 1.54) is 225 Å². The van der Waals surface area contributed by atoms with Crippen LogP contribution in [0.4, 0.5) is 0 Å². The number of hydrogen-bond acceptors (Lipinski definition) is 10. The largest absolute Gasteiger partial charge is 0.454 e. The highest BCUT2D eigenvalue weighted by Gasteiger charge is 2.47. The van der Waals surface area contributed by atoms with Gasteiger partial charge in [-0.05, 0) is 70.6 Å². The number of carbonyl (C=O) groups excluding carboxylic acids is 2. The van der Waals surface area contributed by atoms with Gasteiger partial charge < -0.3 is 45.1 Å². The number of rotatable bonds is 66. The van der Waals surface area contributed by atoms with Gasteiger partial charge in [0.15, 0.2) is 12.4 Å². The lowest BCUT2D eigenvalue weighted by Crippen LogP contribution is -2.61. The molecule has 0 aromatic heterocycles. The molecule has 1 fully saturated rings. The Morgan fingerprint density at radius 3 is 1.18 bits per heavy atom. The average Bonchev–Trinajstić information content (AvgIpc) is 1.80. The third kappa shape index (κ3) is 52.4. The van der Waals surface area contributed by atoms with Gasteiger partial charge in [0.1, 0.15) is 24.4 Å². The second-order valence-corrected chi connectivity index (χ2v) is 26.4. The SMILES string of the molecule is CCCCC/C=C\C/C=C\C/C=C\C/C=C\CCCCCCCCCCCC(=O)OC1C(OCC(NC(=O)C(O)CCCCCCCCCCCCCCCCCCCCCCCC)C(O)/C=C/CCCCCCCCCCCCC)OC(CO)C(O)C1O. The van der Waals surface area contributed by atoms with Crippen LogP contribution in [0.1, 0.15) is 361 Å². The Labute approximate surface area is 548 Å². The van der Waals surface area contributed by atoms with Crippen LogP contribution in [0.3, 0.4) is 0 Å². The maximum atomic E-state index is 13.5. The van der Waals surface area contributed by atoms with E-state index in [1.807, 2.05) is 6.08 Å². The van der Waals surface area contributed by atoms with E-state index in [0.29, 0.717) is 19.3 Å². The van der Waals surface area contributed by atoms with E-state index >= 15 is 0 Å². The summed E-state index contributed by atoms with van der Waals surface area (Å²) in [7, 11) is 0. The molecule has 0 aliphatic carbocycles. The minimum absolute atomic E-state index is 0.117. The van der Waals surface area contributed by atoms with Crippen LogP contribution in [0.25, 0.3) is 0 Å². The van der Waals surface area contributed by atoms with Crippen molar-refractivity contribution >= 4 is 11.9 Å². The van der Waals surface area contributed by atoms with E-state index in [2.05, 4.69) is 74.7 Å². The molecule has 11 heteroatoms. The molecule has 0 aromatic rings. The molecule has 1 saturated heterocycles. The minimum Gasteiger partial charge on any atom is -0.454 e. The summed E-state index contributed by atoms with van der Waals surface area (Å²) in [5.74, 6) is -1.19. The van der Waals surface area contributed by atoms with Crippen LogP contribution in [0, 0.1) is 0 Å². The van der Waals surface area contributed by atoms with E-state index in [9.17, 15) is 35.1 Å². The lowest BCUT2D eigenvalue weighted by molar-refractivity contribution is -0.305. The second kappa shape index (κ2) is 65.4. The molecule has 520 valence electrons. The molecule has 8 unspecified atom stereocenters. The molecule has 0 spiro atoms. The van der Waals surface area contributed by atoms with Gasteiger partial charge in [-0.3, -0.25) is 9.59 Å². The maximum Gasteiger partial charge on any atom is 0.306 e. The molecular formula is C78H143NO10. The van der Waals surface area contributed by atoms with E-state index in [0.717, 1.165) is 89.9 Å². The highest BCUT2D eigenvalue weighted by atomic mass is 16.7. The van der Waals surface area contributed by atoms with Crippen molar-refractivity contribution in [2.45, 2.75) is 410 Å². The van der Waals surface area contributed by atoms with Gasteiger partial charge in [0.05, 0.1) is 25.4 Å². The lowest BCUT2D eigenvalue weighted by atomic mass is 9.99. The van der Waals surface area contributed by atoms with Crippen molar-refractivity contribution in [3.05, 3.63) is 60.8 Å². The summed E-state index contributed by atoms with van der Waals surface area (Å²) in [6, 6.07) is -1.03. The third-order valence-electron chi connectivity index (χ3n) is 17.9. The molecule has 11 nitrogen and oxygen atoms in total. The quantitative estimate of drug-likeness (QED) is 0.0195. The fourth-order valence-corrected chi connectivity index (χ4v) is 11.9. The van der Waals surface area contributed by atoms with Crippen LogP contribution in [-0.2, 0) is 23.8 Å². The molecule has 0 radical (unpaired) electrons. The number of unbranched alkanes of at least 4 members (excludes halogenated alkanes) is 44. The Morgan fingerprint density at radius 2 is 0.775 bits per heavy atom. The molecule has 0 aromatic carbocycles. The number of aliphatic hydroxyl groups excluding tert-OH is 5. The first-order valence-electron chi connectivity index (χ1n) is 38.1. The predicted molar refractivity (Wildman–Crippen MR) is 375 cm³/mol. The van der Waals surface area contributed by atoms with E-state index < -0.39 is 67.4 Å². The van der Waals surface area contributed by atoms with E-state index in [-0.39, 0.29) is 13.0 Å². The zero-order valence-electron chi connectivity index (χ0n) is 58.1. The number of carbonyl (C=O) groups is 2. The van der Waals surface area contributed by atoms with Crippen LogP contribution >= 0.6 is 0 Å². The summed E-state index contributed by atoms with van der Waals surface area (Å²) in [6.07, 6.45) is 74.0. The molecule has 8 atom stereocenters. The molecule has 1 heterocycles. The lowest BCUT2D eigenvalue weighted by Gasteiger charge is -2.41. The first kappa shape index (κ1) is 84.4. The predicted octanol–water partition coefficient (Wildman–Crippen LogP) is 20.1. The number of esters is 1. The number of nitrogens with one attached hydrogen (secondary N) is 1. The Balaban J connectivity index is 2.55. The van der Waals surface area contributed by atoms with Crippen molar-refractivity contribution in [2.75, 3.05) is 13.2 Å². The smallest absolute Gasteiger partial charge is 0.306 e. The summed E-state index contributed by atoms with van der Waals surface area (Å²) in [6.45, 7) is 5.82. The monoisotopic (exact) mass is 1250 g/mol. The van der Waals surface area contributed by atoms with Crippen molar-refractivity contribution in [3.63, 3.8) is 0 Å². The zero-order chi connectivity index (χ0) is 64.6. The Hall–Kier alpha value is -2.64. The van der Waals surface area contributed by atoms with E-state index in [1.54, 1.807) is 6.08 Å². The van der Waals surface area contributed by atoms with Crippen molar-refractivity contribution in [1.29, 1.82) is 0 Å². The van der Waals surface area contributed by atoms with Crippen LogP contribution in [-0.4, -0.2) is 99.6 Å². The summed E-state index contributed by atoms with van der Waals surface area (Å²) in [4.78, 5) is 26.7. The Morgan fingerprint density at radius 1 is 0.438 bits per heavy atom. The highest BCUT2D eigenvalue weighted by molar-refractivity contribution is 5.80. The standard InChI is InChI=1S/C78H143NO10/c1-4-7-10-13-16-19-22-25-27-29-31-33-35-36-37-39-41-43-45-48-51-54-57-60-63-66-73(83)89-76-75(85)74(84)72(67-80)88-78(76)87-68-69(70(81)64-61-58-55-52-49-46-24-21-18-15-12-9-6-3)79-77(86)71(82)65-62-59-56-53-50-47-44-42-40-38-34-32-30-28-26-23-20-17-14-11-8-5-2/h16,19,25,27,31,33,36-37,61,64,69-72,74-76,78,80-82,84-85H,4-15,17-18,20-24,26,28-30,32,34-35,38-60,62-63,65-68H2,1-3H3,(H,79,86)/b19-16-,27-25-,33-31-,37-36-,64-61+. The average molecular weight is 1250 g/mol. The molecular weight excluding hydrogens is 1110 g/mol. The zero-order valence-corrected chi connectivity index (χ0v) is 58.1. The van der Waals surface area contributed by atoms with Gasteiger partial charge in [0.2, 0.25) is 5.91 Å². The number of amides is 1. The van der Waals surface area contributed by atoms with Gasteiger partial charge in [-0.25, -0.2) is 0 Å². The van der Waals surface area contributed by atoms with Crippen molar-refractivity contribution < 1.29 is 49.3 Å². The summed E-state index contributed by atoms with van der Waals surface area (Å²) < 4.78 is 17.7. The van der Waals surface area contributed by atoms with Gasteiger partial charge >= 0.3 is 5.97 Å². The van der Waals surface area contributed by atoms with Gasteiger partial charge in [0, 0.05) is 6.42 Å². The molecule has 1 aliphatic rings. The fourth-order valence-electron chi connectivity index (χ4n) is 11.9. The van der Waals surface area contributed by atoms with Crippen molar-refractivity contribution in [3.8, 4) is 0 Å².